The van der Waals surface area contributed by atoms with E-state index in [4.69, 9.17) is 5.73 Å². The molecule has 1 saturated carbocycles. The zero-order valence-electron chi connectivity index (χ0n) is 10.9. The Bertz CT molecular complexity index is 716. The molecule has 106 valence electrons. The van der Waals surface area contributed by atoms with Gasteiger partial charge in [-0.1, -0.05) is 6.07 Å². The fourth-order valence-electron chi connectivity index (χ4n) is 2.00. The molecule has 0 aliphatic heterocycles. The van der Waals surface area contributed by atoms with Gasteiger partial charge >= 0.3 is 0 Å². The van der Waals surface area contributed by atoms with Crippen LogP contribution >= 0.6 is 0 Å². The molecule has 2 rings (SSSR count). The molecule has 0 bridgehead atoms. The van der Waals surface area contributed by atoms with Crippen molar-refractivity contribution in [2.24, 2.45) is 5.73 Å². The third-order valence-corrected chi connectivity index (χ3v) is 5.68. The van der Waals surface area contributed by atoms with Crippen LogP contribution in [0.25, 0.3) is 0 Å². The zero-order valence-corrected chi connectivity index (χ0v) is 12.5. The number of hydrogen-bond acceptors (Lipinski definition) is 5. The SMILES string of the molecule is CS(=O)(=O)c1ccc(CC2(N)CC2)cc1S(C)(=O)=O. The summed E-state index contributed by atoms with van der Waals surface area (Å²) in [7, 11) is -7.17. The average Bonchev–Trinajstić information content (AvgIpc) is 2.93. The minimum Gasteiger partial charge on any atom is -0.325 e. The first-order chi connectivity index (χ1) is 8.51. The molecule has 1 aromatic carbocycles. The zero-order chi connectivity index (χ0) is 14.5. The molecule has 19 heavy (non-hydrogen) atoms. The van der Waals surface area contributed by atoms with Gasteiger partial charge < -0.3 is 5.73 Å². The first-order valence-electron chi connectivity index (χ1n) is 5.83. The first kappa shape index (κ1) is 14.5. The topological polar surface area (TPSA) is 94.3 Å². The van der Waals surface area contributed by atoms with Crippen LogP contribution in [0, 0.1) is 0 Å². The average molecular weight is 303 g/mol. The highest BCUT2D eigenvalue weighted by Gasteiger charge is 2.38. The summed E-state index contributed by atoms with van der Waals surface area (Å²) in [4.78, 5) is -0.294. The van der Waals surface area contributed by atoms with Gasteiger partial charge in [0.1, 0.15) is 0 Å². The number of benzene rings is 1. The number of rotatable bonds is 4. The predicted molar refractivity (Wildman–Crippen MR) is 72.5 cm³/mol. The normalized spacial score (nSPS) is 18.3. The van der Waals surface area contributed by atoms with Crippen molar-refractivity contribution in [2.75, 3.05) is 12.5 Å². The van der Waals surface area contributed by atoms with E-state index in [0.29, 0.717) is 6.42 Å². The molecule has 0 spiro atoms. The summed E-state index contributed by atoms with van der Waals surface area (Å²) in [6, 6.07) is 4.42. The second-order valence-corrected chi connectivity index (χ2v) is 9.33. The standard InChI is InChI=1S/C12H17NO4S2/c1-18(14,15)10-4-3-9(8-12(13)5-6-12)7-11(10)19(2,16)17/h3-4,7H,5-6,8,13H2,1-2H3. The van der Waals surface area contributed by atoms with Crippen LogP contribution in [0.4, 0.5) is 0 Å². The van der Waals surface area contributed by atoms with Crippen LogP contribution in [0.2, 0.25) is 0 Å². The van der Waals surface area contributed by atoms with Crippen LogP contribution in [0.3, 0.4) is 0 Å². The van der Waals surface area contributed by atoms with Gasteiger partial charge in [0.2, 0.25) is 0 Å². The molecular formula is C12H17NO4S2. The van der Waals surface area contributed by atoms with Gasteiger partial charge in [-0.15, -0.1) is 0 Å². The van der Waals surface area contributed by atoms with Crippen molar-refractivity contribution in [3.8, 4) is 0 Å². The van der Waals surface area contributed by atoms with Crippen LogP contribution in [0.5, 0.6) is 0 Å². The van der Waals surface area contributed by atoms with E-state index in [-0.39, 0.29) is 15.3 Å². The summed E-state index contributed by atoms with van der Waals surface area (Å²) in [6.45, 7) is 0. The molecule has 1 aromatic rings. The van der Waals surface area contributed by atoms with Crippen LogP contribution in [-0.4, -0.2) is 34.9 Å². The molecule has 0 radical (unpaired) electrons. The lowest BCUT2D eigenvalue weighted by Gasteiger charge is -2.12. The van der Waals surface area contributed by atoms with E-state index in [0.717, 1.165) is 30.9 Å². The molecular weight excluding hydrogens is 286 g/mol. The lowest BCUT2D eigenvalue weighted by atomic mass is 10.1. The Kier molecular flexibility index (Phi) is 3.27. The Hall–Kier alpha value is -0.920. The van der Waals surface area contributed by atoms with E-state index in [1.54, 1.807) is 6.07 Å². The summed E-state index contributed by atoms with van der Waals surface area (Å²) in [5.41, 5.74) is 6.50. The Balaban J connectivity index is 2.54. The maximum atomic E-state index is 11.7. The molecule has 0 aromatic heterocycles. The van der Waals surface area contributed by atoms with E-state index >= 15 is 0 Å². The summed E-state index contributed by atoms with van der Waals surface area (Å²) in [5.74, 6) is 0. The highest BCUT2D eigenvalue weighted by molar-refractivity contribution is 7.93. The van der Waals surface area contributed by atoms with E-state index in [2.05, 4.69) is 0 Å². The molecule has 5 nitrogen and oxygen atoms in total. The van der Waals surface area contributed by atoms with Crippen molar-refractivity contribution in [1.82, 2.24) is 0 Å². The molecule has 7 heteroatoms. The van der Waals surface area contributed by atoms with Gasteiger partial charge in [-0.05, 0) is 37.0 Å². The Labute approximate surface area is 113 Å². The summed E-state index contributed by atoms with van der Waals surface area (Å²) in [5, 5.41) is 0. The number of nitrogens with two attached hydrogens (primary N) is 1. The highest BCUT2D eigenvalue weighted by atomic mass is 32.2. The Morgan fingerprint density at radius 2 is 1.58 bits per heavy atom. The summed E-state index contributed by atoms with van der Waals surface area (Å²) < 4.78 is 46.7. The van der Waals surface area contributed by atoms with Crippen LogP contribution in [0.15, 0.2) is 28.0 Å². The Morgan fingerprint density at radius 3 is 2.00 bits per heavy atom. The van der Waals surface area contributed by atoms with Crippen molar-refractivity contribution >= 4 is 19.7 Å². The van der Waals surface area contributed by atoms with Gasteiger partial charge in [0.25, 0.3) is 0 Å². The van der Waals surface area contributed by atoms with Crippen molar-refractivity contribution < 1.29 is 16.8 Å². The van der Waals surface area contributed by atoms with Gasteiger partial charge in [-0.2, -0.15) is 0 Å². The van der Waals surface area contributed by atoms with Gasteiger partial charge in [-0.3, -0.25) is 0 Å². The van der Waals surface area contributed by atoms with E-state index in [1.807, 2.05) is 0 Å². The maximum absolute atomic E-state index is 11.7. The van der Waals surface area contributed by atoms with Gasteiger partial charge in [0.15, 0.2) is 19.7 Å². The lowest BCUT2D eigenvalue weighted by molar-refractivity contribution is 0.588. The molecule has 0 unspecified atom stereocenters. The van der Waals surface area contributed by atoms with Crippen molar-refractivity contribution in [3.05, 3.63) is 23.8 Å². The molecule has 2 N–H and O–H groups in total. The largest absolute Gasteiger partial charge is 0.325 e. The first-order valence-corrected chi connectivity index (χ1v) is 9.62. The third-order valence-electron chi connectivity index (χ3n) is 3.26. The fraction of sp³-hybridized carbons (Fsp3) is 0.500. The van der Waals surface area contributed by atoms with Gasteiger partial charge in [0.05, 0.1) is 9.79 Å². The van der Waals surface area contributed by atoms with E-state index in [9.17, 15) is 16.8 Å². The van der Waals surface area contributed by atoms with Crippen molar-refractivity contribution in [1.29, 1.82) is 0 Å². The molecule has 0 saturated heterocycles. The minimum absolute atomic E-state index is 0.142. The second kappa shape index (κ2) is 4.29. The van der Waals surface area contributed by atoms with Crippen molar-refractivity contribution in [3.63, 3.8) is 0 Å². The van der Waals surface area contributed by atoms with Crippen molar-refractivity contribution in [2.45, 2.75) is 34.6 Å². The van der Waals surface area contributed by atoms with Gasteiger partial charge in [0, 0.05) is 18.1 Å². The molecule has 0 amide bonds. The Morgan fingerprint density at radius 1 is 1.05 bits per heavy atom. The monoisotopic (exact) mass is 303 g/mol. The summed E-state index contributed by atoms with van der Waals surface area (Å²) >= 11 is 0. The molecule has 1 aliphatic carbocycles. The minimum atomic E-state index is -3.59. The molecule has 1 aliphatic rings. The van der Waals surface area contributed by atoms with Gasteiger partial charge in [-0.25, -0.2) is 16.8 Å². The van der Waals surface area contributed by atoms with E-state index < -0.39 is 19.7 Å². The second-order valence-electron chi connectivity index (χ2n) is 5.36. The molecule has 0 atom stereocenters. The molecule has 0 heterocycles. The predicted octanol–water partition coefficient (Wildman–Crippen LogP) is 0.527. The fourth-order valence-corrected chi connectivity index (χ4v) is 4.45. The maximum Gasteiger partial charge on any atom is 0.176 e. The van der Waals surface area contributed by atoms with Crippen LogP contribution in [-0.2, 0) is 26.1 Å². The highest BCUT2D eigenvalue weighted by Crippen LogP contribution is 2.36. The quantitative estimate of drug-likeness (QED) is 0.875. The number of hydrogen-bond donors (Lipinski definition) is 1. The smallest absolute Gasteiger partial charge is 0.176 e. The van der Waals surface area contributed by atoms with Crippen LogP contribution in [0.1, 0.15) is 18.4 Å². The molecule has 1 fully saturated rings. The lowest BCUT2D eigenvalue weighted by Crippen LogP contribution is -2.24. The third kappa shape index (κ3) is 3.34. The van der Waals surface area contributed by atoms with E-state index in [1.165, 1.54) is 12.1 Å². The number of sulfone groups is 2. The summed E-state index contributed by atoms with van der Waals surface area (Å²) in [6.07, 6.45) is 4.40. The van der Waals surface area contributed by atoms with Crippen LogP contribution < -0.4 is 5.73 Å².